The average Bonchev–Trinajstić information content (AvgIpc) is 2.99. The van der Waals surface area contributed by atoms with Gasteiger partial charge in [0.05, 0.1) is 48.5 Å². The van der Waals surface area contributed by atoms with Gasteiger partial charge in [-0.2, -0.15) is 15.3 Å². The summed E-state index contributed by atoms with van der Waals surface area (Å²) in [6.45, 7) is 3.48. The highest BCUT2D eigenvalue weighted by molar-refractivity contribution is 7.86. The summed E-state index contributed by atoms with van der Waals surface area (Å²) >= 11 is 6.25. The summed E-state index contributed by atoms with van der Waals surface area (Å²) in [6.07, 6.45) is 2.17. The SMILES string of the molecule is CCC1CC(N=NC2C(=O)N(C3CCCC(S(=O)(=O)[O-])C3)N=C2C)C(S(=O)(=O)[O-])CC1Cl. The average molecular weight is 511 g/mol. The highest BCUT2D eigenvalue weighted by atomic mass is 35.5. The quantitative estimate of drug-likeness (QED) is 0.296. The van der Waals surface area contributed by atoms with E-state index in [1.807, 2.05) is 6.92 Å². The van der Waals surface area contributed by atoms with Gasteiger partial charge in [0.15, 0.2) is 6.04 Å². The number of halogens is 1. The lowest BCUT2D eigenvalue weighted by atomic mass is 9.83. The van der Waals surface area contributed by atoms with Gasteiger partial charge in [-0.05, 0) is 44.9 Å². The van der Waals surface area contributed by atoms with Crippen LogP contribution in [-0.2, 0) is 25.0 Å². The Morgan fingerprint density at radius 1 is 1.09 bits per heavy atom. The van der Waals surface area contributed by atoms with Crippen LogP contribution in [0.25, 0.3) is 0 Å². The Bertz CT molecular complexity index is 1000. The number of rotatable bonds is 6. The smallest absolute Gasteiger partial charge is 0.275 e. The van der Waals surface area contributed by atoms with Crippen molar-refractivity contribution in [2.45, 2.75) is 92.8 Å². The van der Waals surface area contributed by atoms with Crippen LogP contribution in [0.5, 0.6) is 0 Å². The van der Waals surface area contributed by atoms with E-state index in [0.717, 1.165) is 0 Å². The Hall–Kier alpha value is -1.15. The summed E-state index contributed by atoms with van der Waals surface area (Å²) in [4.78, 5) is 12.9. The molecule has 11 nitrogen and oxygen atoms in total. The van der Waals surface area contributed by atoms with Crippen molar-refractivity contribution in [1.29, 1.82) is 0 Å². The summed E-state index contributed by atoms with van der Waals surface area (Å²) in [5.74, 6) is -0.544. The summed E-state index contributed by atoms with van der Waals surface area (Å²) in [5.41, 5.74) is 0.324. The molecule has 2 aliphatic carbocycles. The van der Waals surface area contributed by atoms with Crippen molar-refractivity contribution < 1.29 is 30.7 Å². The third-order valence-corrected chi connectivity index (χ3v) is 9.67. The van der Waals surface area contributed by atoms with Crippen LogP contribution in [0.1, 0.15) is 58.8 Å². The van der Waals surface area contributed by atoms with Crippen molar-refractivity contribution in [2.75, 3.05) is 0 Å². The van der Waals surface area contributed by atoms with E-state index < -0.39 is 60.1 Å². The zero-order valence-electron chi connectivity index (χ0n) is 17.8. The molecule has 32 heavy (non-hydrogen) atoms. The van der Waals surface area contributed by atoms with E-state index in [4.69, 9.17) is 11.6 Å². The molecule has 3 rings (SSSR count). The molecule has 7 unspecified atom stereocenters. The standard InChI is InChI=1S/C18H29ClN4O7S2/c1-3-11-7-15(16(9-14(11)19)32(28,29)30)20-21-17-10(2)22-23(18(17)24)12-5-4-6-13(8-12)31(25,26)27/h11-17H,3-9H2,1-2H3,(H,25,26,27)(H,28,29,30)/p-2. The number of carbonyl (C=O) groups is 1. The fourth-order valence-corrected chi connectivity index (χ4v) is 7.25. The number of hydrogen-bond acceptors (Lipinski definition) is 10. The normalized spacial score (nSPS) is 37.2. The van der Waals surface area contributed by atoms with Gasteiger partial charge >= 0.3 is 0 Å². The zero-order valence-corrected chi connectivity index (χ0v) is 20.2. The van der Waals surface area contributed by atoms with Gasteiger partial charge in [-0.1, -0.05) is 19.8 Å². The summed E-state index contributed by atoms with van der Waals surface area (Å²) < 4.78 is 69.5. The van der Waals surface area contributed by atoms with E-state index in [-0.39, 0.29) is 31.6 Å². The molecule has 3 aliphatic rings. The first-order valence-corrected chi connectivity index (χ1v) is 14.0. The van der Waals surface area contributed by atoms with Gasteiger partial charge in [0.25, 0.3) is 5.91 Å². The van der Waals surface area contributed by atoms with Crippen molar-refractivity contribution in [3.05, 3.63) is 0 Å². The number of azo groups is 1. The predicted molar refractivity (Wildman–Crippen MR) is 114 cm³/mol. The van der Waals surface area contributed by atoms with Gasteiger partial charge in [0.1, 0.15) is 0 Å². The molecule has 7 atom stereocenters. The van der Waals surface area contributed by atoms with Crippen LogP contribution in [0.4, 0.5) is 0 Å². The van der Waals surface area contributed by atoms with E-state index in [0.29, 0.717) is 25.0 Å². The molecule has 0 aromatic heterocycles. The van der Waals surface area contributed by atoms with Crippen LogP contribution < -0.4 is 0 Å². The molecule has 0 N–H and O–H groups in total. The summed E-state index contributed by atoms with van der Waals surface area (Å²) in [5, 5.41) is 10.7. The third-order valence-electron chi connectivity index (χ3n) is 6.64. The van der Waals surface area contributed by atoms with Crippen LogP contribution in [0.2, 0.25) is 0 Å². The minimum Gasteiger partial charge on any atom is -0.748 e. The highest BCUT2D eigenvalue weighted by Crippen LogP contribution is 2.36. The first-order valence-electron chi connectivity index (χ1n) is 10.6. The van der Waals surface area contributed by atoms with E-state index in [2.05, 4.69) is 15.3 Å². The lowest BCUT2D eigenvalue weighted by molar-refractivity contribution is -0.132. The van der Waals surface area contributed by atoms with Gasteiger partial charge < -0.3 is 9.11 Å². The third kappa shape index (κ3) is 5.49. The van der Waals surface area contributed by atoms with Crippen LogP contribution in [-0.4, -0.2) is 76.6 Å². The van der Waals surface area contributed by atoms with Crippen LogP contribution in [0.15, 0.2) is 15.3 Å². The number of nitrogens with zero attached hydrogens (tertiary/aromatic N) is 4. The molecule has 0 aromatic carbocycles. The van der Waals surface area contributed by atoms with Crippen molar-refractivity contribution >= 4 is 43.5 Å². The zero-order chi connectivity index (χ0) is 23.8. The summed E-state index contributed by atoms with van der Waals surface area (Å²) in [7, 11) is -9.13. The van der Waals surface area contributed by atoms with Gasteiger partial charge in [0, 0.05) is 5.38 Å². The Kier molecular flexibility index (Phi) is 7.65. The largest absolute Gasteiger partial charge is 0.748 e. The number of hydrazone groups is 1. The topological polar surface area (TPSA) is 172 Å². The lowest BCUT2D eigenvalue weighted by Crippen LogP contribution is -2.44. The first kappa shape index (κ1) is 25.5. The predicted octanol–water partition coefficient (Wildman–Crippen LogP) is 1.59. The van der Waals surface area contributed by atoms with E-state index in [1.165, 1.54) is 5.01 Å². The van der Waals surface area contributed by atoms with Gasteiger partial charge in [-0.15, -0.1) is 11.6 Å². The Morgan fingerprint density at radius 3 is 2.38 bits per heavy atom. The molecule has 182 valence electrons. The second kappa shape index (κ2) is 9.61. The minimum absolute atomic E-state index is 0.00658. The van der Waals surface area contributed by atoms with Gasteiger partial charge in [-0.25, -0.2) is 21.8 Å². The number of carbonyl (C=O) groups excluding carboxylic acids is 1. The molecule has 0 aromatic rings. The number of amides is 1. The molecule has 0 radical (unpaired) electrons. The lowest BCUT2D eigenvalue weighted by Gasteiger charge is -2.37. The van der Waals surface area contributed by atoms with Crippen molar-refractivity contribution in [3.63, 3.8) is 0 Å². The second-order valence-electron chi connectivity index (χ2n) is 8.75. The van der Waals surface area contributed by atoms with Crippen molar-refractivity contribution in [2.24, 2.45) is 21.2 Å². The van der Waals surface area contributed by atoms with Gasteiger partial charge in [-0.3, -0.25) is 4.79 Å². The Labute approximate surface area is 193 Å². The second-order valence-corrected chi connectivity index (χ2v) is 12.6. The Morgan fingerprint density at radius 2 is 1.78 bits per heavy atom. The molecule has 0 bridgehead atoms. The van der Waals surface area contributed by atoms with Crippen LogP contribution >= 0.6 is 11.6 Å². The van der Waals surface area contributed by atoms with E-state index >= 15 is 0 Å². The number of hydrogen-bond donors (Lipinski definition) is 0. The molecular formula is C18H27ClN4O7S2-2. The van der Waals surface area contributed by atoms with Crippen molar-refractivity contribution in [3.8, 4) is 0 Å². The minimum atomic E-state index is -4.66. The first-order chi connectivity index (χ1) is 14.8. The van der Waals surface area contributed by atoms with E-state index in [1.54, 1.807) is 6.92 Å². The maximum Gasteiger partial charge on any atom is 0.275 e. The van der Waals surface area contributed by atoms with Gasteiger partial charge in [0.2, 0.25) is 0 Å². The summed E-state index contributed by atoms with van der Waals surface area (Å²) in [6, 6.07) is -2.52. The maximum atomic E-state index is 12.9. The molecule has 1 heterocycles. The molecule has 0 saturated heterocycles. The van der Waals surface area contributed by atoms with Crippen molar-refractivity contribution in [1.82, 2.24) is 5.01 Å². The fourth-order valence-electron chi connectivity index (χ4n) is 4.76. The van der Waals surface area contributed by atoms with Crippen LogP contribution in [0.3, 0.4) is 0 Å². The molecule has 14 heteroatoms. The molecule has 0 spiro atoms. The Balaban J connectivity index is 1.76. The molecule has 1 aliphatic heterocycles. The monoisotopic (exact) mass is 510 g/mol. The van der Waals surface area contributed by atoms with Crippen LogP contribution in [0, 0.1) is 5.92 Å². The molecule has 1 amide bonds. The fraction of sp³-hybridized carbons (Fsp3) is 0.889. The molecule has 2 fully saturated rings. The molecular weight excluding hydrogens is 484 g/mol. The highest BCUT2D eigenvalue weighted by Gasteiger charge is 2.42. The number of alkyl halides is 1. The molecule has 2 saturated carbocycles. The maximum absolute atomic E-state index is 12.9. The van der Waals surface area contributed by atoms with E-state index in [9.17, 15) is 30.7 Å².